The average Bonchev–Trinajstić information content (AvgIpc) is 2.58. The Labute approximate surface area is 120 Å². The van der Waals surface area contributed by atoms with Gasteiger partial charge in [-0.15, -0.1) is 0 Å². The third-order valence-electron chi connectivity index (χ3n) is 2.20. The molecule has 0 saturated heterocycles. The minimum absolute atomic E-state index is 0.315. The molecule has 2 N–H and O–H groups in total. The van der Waals surface area contributed by atoms with E-state index in [1.807, 2.05) is 12.3 Å². The molecule has 0 amide bonds. The lowest BCUT2D eigenvalue weighted by atomic mass is 10.2. The van der Waals surface area contributed by atoms with E-state index in [4.69, 9.17) is 4.55 Å². The number of benzene rings is 1. The highest BCUT2D eigenvalue weighted by molar-refractivity contribution is 9.10. The Hall–Kier alpha value is -0.890. The van der Waals surface area contributed by atoms with Crippen molar-refractivity contribution in [1.82, 2.24) is 4.57 Å². The summed E-state index contributed by atoms with van der Waals surface area (Å²) < 4.78 is 29.0. The second kappa shape index (κ2) is 6.51. The summed E-state index contributed by atoms with van der Waals surface area (Å²) in [7, 11) is -3.67. The summed E-state index contributed by atoms with van der Waals surface area (Å²) in [4.78, 5) is 0. The lowest BCUT2D eigenvalue weighted by Crippen LogP contribution is -2.10. The van der Waals surface area contributed by atoms with E-state index in [1.54, 1.807) is 6.92 Å². The summed E-state index contributed by atoms with van der Waals surface area (Å²) in [6, 6.07) is 8.22. The third kappa shape index (κ3) is 6.20. The van der Waals surface area contributed by atoms with Crippen LogP contribution in [0.1, 0.15) is 6.92 Å². The van der Waals surface area contributed by atoms with Crippen LogP contribution in [0.15, 0.2) is 34.9 Å². The Balaban J connectivity index is 0.000000312. The van der Waals surface area contributed by atoms with Crippen LogP contribution in [-0.4, -0.2) is 35.0 Å². The summed E-state index contributed by atoms with van der Waals surface area (Å²) in [5.74, 6) is 0. The molecule has 0 aliphatic rings. The van der Waals surface area contributed by atoms with Crippen molar-refractivity contribution >= 4 is 37.0 Å². The number of halogens is 1. The Bertz CT molecular complexity index is 641. The van der Waals surface area contributed by atoms with Crippen molar-refractivity contribution in [1.29, 1.82) is 0 Å². The Morgan fingerprint density at radius 1 is 1.37 bits per heavy atom. The summed E-state index contributed by atoms with van der Waals surface area (Å²) in [5, 5.41) is 10.5. The van der Waals surface area contributed by atoms with Crippen LogP contribution in [0.25, 0.3) is 10.9 Å². The van der Waals surface area contributed by atoms with Crippen molar-refractivity contribution in [3.8, 4) is 0 Å². The largest absolute Gasteiger partial charge is 0.392 e. The van der Waals surface area contributed by atoms with Crippen LogP contribution in [0.3, 0.4) is 0 Å². The molecule has 0 radical (unpaired) electrons. The number of aromatic nitrogens is 1. The minimum atomic E-state index is -3.67. The van der Waals surface area contributed by atoms with Gasteiger partial charge in [0.2, 0.25) is 0 Å². The highest BCUT2D eigenvalue weighted by Crippen LogP contribution is 2.21. The molecule has 2 rings (SSSR count). The molecule has 106 valence electrons. The van der Waals surface area contributed by atoms with Crippen molar-refractivity contribution < 1.29 is 18.1 Å². The maximum Gasteiger partial charge on any atom is 0.261 e. The predicted molar refractivity (Wildman–Crippen MR) is 78.8 cm³/mol. The number of hydrogen-bond acceptors (Lipinski definition) is 3. The monoisotopic (exact) mass is 349 g/mol. The molecule has 1 unspecified atom stereocenters. The molecule has 0 aliphatic carbocycles. The first-order valence-corrected chi connectivity index (χ1v) is 8.16. The molecule has 2 aromatic rings. The summed E-state index contributed by atoms with van der Waals surface area (Å²) in [6.45, 7) is 2.43. The van der Waals surface area contributed by atoms with E-state index in [1.165, 1.54) is 5.39 Å². The zero-order chi connectivity index (χ0) is 14.6. The molecular weight excluding hydrogens is 334 g/mol. The topological polar surface area (TPSA) is 79.5 Å². The van der Waals surface area contributed by atoms with Crippen molar-refractivity contribution in [2.24, 2.45) is 0 Å². The number of fused-ring (bicyclic) bond motifs is 1. The predicted octanol–water partition coefficient (Wildman–Crippen LogP) is 2.29. The number of hydrogen-bond donors (Lipinski definition) is 2. The fourth-order valence-corrected chi connectivity index (χ4v) is 1.95. The van der Waals surface area contributed by atoms with Gasteiger partial charge in [0, 0.05) is 22.7 Å². The van der Waals surface area contributed by atoms with Gasteiger partial charge >= 0.3 is 0 Å². The van der Waals surface area contributed by atoms with E-state index in [0.717, 1.165) is 9.99 Å². The summed E-state index contributed by atoms with van der Waals surface area (Å²) >= 11 is 3.44. The van der Waals surface area contributed by atoms with Gasteiger partial charge in [-0.05, 0) is 30.5 Å². The van der Waals surface area contributed by atoms with Crippen molar-refractivity contribution in [2.45, 2.75) is 19.6 Å². The SMILES string of the molecule is CC(O)Cn1ccc2ccc(Br)cc21.CS(=O)(=O)O. The molecule has 0 spiro atoms. The number of rotatable bonds is 2. The van der Waals surface area contributed by atoms with Crippen molar-refractivity contribution in [3.05, 3.63) is 34.9 Å². The Kier molecular flexibility index (Phi) is 5.54. The van der Waals surface area contributed by atoms with Crippen LogP contribution < -0.4 is 0 Å². The molecule has 19 heavy (non-hydrogen) atoms. The van der Waals surface area contributed by atoms with Gasteiger partial charge in [-0.2, -0.15) is 8.42 Å². The summed E-state index contributed by atoms with van der Waals surface area (Å²) in [6.07, 6.45) is 2.40. The second-order valence-electron chi connectivity index (χ2n) is 4.25. The maximum atomic E-state index is 9.32. The van der Waals surface area contributed by atoms with E-state index in [2.05, 4.69) is 38.7 Å². The molecule has 0 saturated carbocycles. The van der Waals surface area contributed by atoms with Crippen LogP contribution in [0.5, 0.6) is 0 Å². The first-order valence-electron chi connectivity index (χ1n) is 5.52. The smallest absolute Gasteiger partial charge is 0.261 e. The number of nitrogens with zero attached hydrogens (tertiary/aromatic N) is 1. The first-order chi connectivity index (χ1) is 8.66. The summed E-state index contributed by atoms with van der Waals surface area (Å²) in [5.41, 5.74) is 1.15. The van der Waals surface area contributed by atoms with Crippen LogP contribution in [0, 0.1) is 0 Å². The normalized spacial score (nSPS) is 12.9. The van der Waals surface area contributed by atoms with Gasteiger partial charge in [-0.1, -0.05) is 22.0 Å². The lowest BCUT2D eigenvalue weighted by molar-refractivity contribution is 0.175. The molecule has 1 aromatic carbocycles. The fraction of sp³-hybridized carbons (Fsp3) is 0.333. The van der Waals surface area contributed by atoms with Gasteiger partial charge in [0.25, 0.3) is 10.1 Å². The van der Waals surface area contributed by atoms with Crippen molar-refractivity contribution in [3.63, 3.8) is 0 Å². The molecule has 0 aliphatic heterocycles. The maximum absolute atomic E-state index is 9.32. The van der Waals surface area contributed by atoms with E-state index in [-0.39, 0.29) is 6.10 Å². The quantitative estimate of drug-likeness (QED) is 0.815. The molecule has 1 heterocycles. The third-order valence-corrected chi connectivity index (χ3v) is 2.69. The molecule has 1 aromatic heterocycles. The van der Waals surface area contributed by atoms with Gasteiger partial charge in [0.05, 0.1) is 12.4 Å². The first kappa shape index (κ1) is 16.2. The lowest BCUT2D eigenvalue weighted by Gasteiger charge is -2.07. The van der Waals surface area contributed by atoms with E-state index in [0.29, 0.717) is 12.8 Å². The highest BCUT2D eigenvalue weighted by Gasteiger charge is 2.03. The van der Waals surface area contributed by atoms with E-state index >= 15 is 0 Å². The zero-order valence-corrected chi connectivity index (χ0v) is 13.0. The molecule has 1 atom stereocenters. The molecular formula is C12H16BrNO4S. The number of aliphatic hydroxyl groups is 1. The Morgan fingerprint density at radius 3 is 2.47 bits per heavy atom. The molecule has 7 heteroatoms. The van der Waals surface area contributed by atoms with E-state index < -0.39 is 10.1 Å². The van der Waals surface area contributed by atoms with Gasteiger partial charge in [0.1, 0.15) is 0 Å². The van der Waals surface area contributed by atoms with E-state index in [9.17, 15) is 13.5 Å². The molecule has 0 bridgehead atoms. The van der Waals surface area contributed by atoms with Gasteiger partial charge in [-0.3, -0.25) is 4.55 Å². The Morgan fingerprint density at radius 2 is 1.95 bits per heavy atom. The molecule has 0 fully saturated rings. The second-order valence-corrected chi connectivity index (χ2v) is 6.63. The van der Waals surface area contributed by atoms with Gasteiger partial charge < -0.3 is 9.67 Å². The average molecular weight is 350 g/mol. The van der Waals surface area contributed by atoms with Gasteiger partial charge in [-0.25, -0.2) is 0 Å². The van der Waals surface area contributed by atoms with Gasteiger partial charge in [0.15, 0.2) is 0 Å². The number of aliphatic hydroxyl groups excluding tert-OH is 1. The van der Waals surface area contributed by atoms with Crippen molar-refractivity contribution in [2.75, 3.05) is 6.26 Å². The zero-order valence-electron chi connectivity index (χ0n) is 10.6. The fourth-order valence-electron chi connectivity index (χ4n) is 1.60. The highest BCUT2D eigenvalue weighted by atomic mass is 79.9. The van der Waals surface area contributed by atoms with Crippen LogP contribution >= 0.6 is 15.9 Å². The van der Waals surface area contributed by atoms with Crippen LogP contribution in [0.4, 0.5) is 0 Å². The standard InChI is InChI=1S/C11H12BrNO.CH4O3S/c1-8(14)7-13-5-4-9-2-3-10(12)6-11(9)13;1-5(2,3)4/h2-6,8,14H,7H2,1H3;1H3,(H,2,3,4). The molecule has 5 nitrogen and oxygen atoms in total. The van der Waals surface area contributed by atoms with Crippen LogP contribution in [0.2, 0.25) is 0 Å². The minimum Gasteiger partial charge on any atom is -0.392 e. The van der Waals surface area contributed by atoms with Crippen LogP contribution in [-0.2, 0) is 16.7 Å².